The fraction of sp³-hybridized carbons (Fsp3) is 0.588. The smallest absolute Gasteiger partial charge is 0.415 e. The minimum Gasteiger partial charge on any atom is -0.439 e. The molecule has 0 aliphatic carbocycles. The lowest BCUT2D eigenvalue weighted by Crippen LogP contribution is -2.61. The maximum atomic E-state index is 12.4. The molecule has 112 valence electrons. The topological polar surface area (TPSA) is 32.8 Å². The number of amides is 1. The fourth-order valence-corrected chi connectivity index (χ4v) is 4.10. The lowest BCUT2D eigenvalue weighted by Gasteiger charge is -2.49. The van der Waals surface area contributed by atoms with Gasteiger partial charge in [-0.1, -0.05) is 6.07 Å². The lowest BCUT2D eigenvalue weighted by atomic mass is 9.75. The van der Waals surface area contributed by atoms with Crippen molar-refractivity contribution in [2.24, 2.45) is 5.92 Å². The first-order chi connectivity index (χ1) is 10.1. The van der Waals surface area contributed by atoms with Gasteiger partial charge in [-0.25, -0.2) is 4.79 Å². The lowest BCUT2D eigenvalue weighted by molar-refractivity contribution is -0.0881. The molecule has 4 heterocycles. The number of hydrogen-bond acceptors (Lipinski definition) is 3. The maximum Gasteiger partial charge on any atom is 0.415 e. The third-order valence-electron chi connectivity index (χ3n) is 5.56. The maximum absolute atomic E-state index is 12.4. The molecule has 4 aliphatic rings. The summed E-state index contributed by atoms with van der Waals surface area (Å²) in [6, 6.07) is 6.21. The van der Waals surface area contributed by atoms with Crippen LogP contribution in [0, 0.1) is 19.8 Å². The molecule has 4 aliphatic heterocycles. The summed E-state index contributed by atoms with van der Waals surface area (Å²) in [5.41, 5.74) is 3.17. The number of aryl methyl sites for hydroxylation is 2. The van der Waals surface area contributed by atoms with Crippen molar-refractivity contribution in [3.63, 3.8) is 0 Å². The summed E-state index contributed by atoms with van der Waals surface area (Å²) >= 11 is 0. The van der Waals surface area contributed by atoms with Crippen LogP contribution in [0.2, 0.25) is 0 Å². The van der Waals surface area contributed by atoms with Gasteiger partial charge < -0.3 is 4.74 Å². The number of rotatable bonds is 1. The van der Waals surface area contributed by atoms with Crippen LogP contribution in [0.4, 0.5) is 10.5 Å². The van der Waals surface area contributed by atoms with Crippen LogP contribution in [0.5, 0.6) is 0 Å². The number of anilines is 1. The van der Waals surface area contributed by atoms with Crippen molar-refractivity contribution in [2.75, 3.05) is 31.1 Å². The molecular weight excluding hydrogens is 264 g/mol. The number of carbonyl (C=O) groups excluding carboxylic acids is 1. The summed E-state index contributed by atoms with van der Waals surface area (Å²) in [6.45, 7) is 8.11. The van der Waals surface area contributed by atoms with Gasteiger partial charge in [0.1, 0.15) is 5.60 Å². The van der Waals surface area contributed by atoms with Crippen molar-refractivity contribution in [3.8, 4) is 0 Å². The van der Waals surface area contributed by atoms with Crippen LogP contribution in [0.25, 0.3) is 0 Å². The average molecular weight is 286 g/mol. The van der Waals surface area contributed by atoms with Crippen molar-refractivity contribution in [1.82, 2.24) is 4.90 Å². The van der Waals surface area contributed by atoms with Crippen LogP contribution in [0.3, 0.4) is 0 Å². The fourth-order valence-electron chi connectivity index (χ4n) is 4.10. The van der Waals surface area contributed by atoms with Gasteiger partial charge in [0.2, 0.25) is 0 Å². The predicted molar refractivity (Wildman–Crippen MR) is 81.6 cm³/mol. The Kier molecular flexibility index (Phi) is 2.80. The number of fused-ring (bicyclic) bond motifs is 2. The minimum atomic E-state index is -0.271. The van der Waals surface area contributed by atoms with Crippen molar-refractivity contribution in [3.05, 3.63) is 29.3 Å². The van der Waals surface area contributed by atoms with Gasteiger partial charge in [-0.3, -0.25) is 9.80 Å². The Morgan fingerprint density at radius 1 is 1.14 bits per heavy atom. The summed E-state index contributed by atoms with van der Waals surface area (Å²) in [7, 11) is 0. The Hall–Kier alpha value is -1.55. The summed E-state index contributed by atoms with van der Waals surface area (Å²) in [4.78, 5) is 16.7. The number of ether oxygens (including phenoxy) is 1. The monoisotopic (exact) mass is 286 g/mol. The molecule has 0 unspecified atom stereocenters. The van der Waals surface area contributed by atoms with Crippen molar-refractivity contribution in [2.45, 2.75) is 32.3 Å². The van der Waals surface area contributed by atoms with Gasteiger partial charge in [0, 0.05) is 18.2 Å². The van der Waals surface area contributed by atoms with Gasteiger partial charge in [0.05, 0.1) is 6.54 Å². The molecule has 2 bridgehead atoms. The largest absolute Gasteiger partial charge is 0.439 e. The predicted octanol–water partition coefficient (Wildman–Crippen LogP) is 2.72. The molecule has 5 rings (SSSR count). The highest BCUT2D eigenvalue weighted by Gasteiger charge is 2.55. The van der Waals surface area contributed by atoms with E-state index < -0.39 is 0 Å². The molecule has 1 atom stereocenters. The Morgan fingerprint density at radius 3 is 2.52 bits per heavy atom. The average Bonchev–Trinajstić information content (AvgIpc) is 2.79. The molecule has 4 heteroatoms. The van der Waals surface area contributed by atoms with Gasteiger partial charge in [0.15, 0.2) is 0 Å². The molecular formula is C17H22N2O2. The Labute approximate surface area is 125 Å². The third-order valence-corrected chi connectivity index (χ3v) is 5.56. The first-order valence-corrected chi connectivity index (χ1v) is 7.87. The number of piperidine rings is 3. The Balaban J connectivity index is 1.63. The van der Waals surface area contributed by atoms with E-state index in [-0.39, 0.29) is 11.7 Å². The van der Waals surface area contributed by atoms with Gasteiger partial charge in [-0.05, 0) is 63.0 Å². The summed E-state index contributed by atoms with van der Waals surface area (Å²) in [5, 5.41) is 0. The minimum absolute atomic E-state index is 0.174. The highest BCUT2D eigenvalue weighted by atomic mass is 16.6. The van der Waals surface area contributed by atoms with E-state index in [1.165, 1.54) is 11.1 Å². The molecule has 1 aromatic carbocycles. The van der Waals surface area contributed by atoms with Crippen LogP contribution < -0.4 is 4.90 Å². The summed E-state index contributed by atoms with van der Waals surface area (Å²) in [5.74, 6) is 0.531. The number of nitrogens with zero attached hydrogens (tertiary/aromatic N) is 2. The standard InChI is InChI=1S/C17H22N2O2/c1-12-3-4-15(9-13(12)2)19-11-17(21-16(19)20)10-18-7-5-14(17)6-8-18/h3-4,9,14H,5-8,10-11H2,1-2H3/t17-/m1/s1. The molecule has 0 N–H and O–H groups in total. The van der Waals surface area contributed by atoms with Gasteiger partial charge in [-0.2, -0.15) is 0 Å². The van der Waals surface area contributed by atoms with Gasteiger partial charge in [0.25, 0.3) is 0 Å². The van der Waals surface area contributed by atoms with Crippen molar-refractivity contribution in [1.29, 1.82) is 0 Å². The van der Waals surface area contributed by atoms with Gasteiger partial charge in [-0.15, -0.1) is 0 Å². The summed E-state index contributed by atoms with van der Waals surface area (Å²) in [6.07, 6.45) is 2.15. The van der Waals surface area contributed by atoms with E-state index in [0.717, 1.165) is 38.2 Å². The normalized spacial score (nSPS) is 34.6. The zero-order valence-corrected chi connectivity index (χ0v) is 12.8. The number of hydrogen-bond donors (Lipinski definition) is 0. The zero-order valence-electron chi connectivity index (χ0n) is 12.8. The second kappa shape index (κ2) is 4.47. The third kappa shape index (κ3) is 1.96. The molecule has 1 aromatic rings. The SMILES string of the molecule is Cc1ccc(N2C[C@@]3(CN4CCC3CC4)OC2=O)cc1C. The zero-order chi connectivity index (χ0) is 14.6. The van der Waals surface area contributed by atoms with Crippen LogP contribution in [-0.2, 0) is 4.74 Å². The second-order valence-corrected chi connectivity index (χ2v) is 6.84. The summed E-state index contributed by atoms with van der Waals surface area (Å²) < 4.78 is 5.91. The number of benzene rings is 1. The van der Waals surface area contributed by atoms with E-state index in [1.807, 2.05) is 11.0 Å². The highest BCUT2D eigenvalue weighted by Crippen LogP contribution is 2.43. The first kappa shape index (κ1) is 13.1. The number of carbonyl (C=O) groups is 1. The van der Waals surface area contributed by atoms with Crippen LogP contribution in [0.1, 0.15) is 24.0 Å². The molecule has 1 amide bonds. The van der Waals surface area contributed by atoms with Crippen molar-refractivity contribution >= 4 is 11.8 Å². The molecule has 21 heavy (non-hydrogen) atoms. The molecule has 0 saturated carbocycles. The molecule has 4 fully saturated rings. The van der Waals surface area contributed by atoms with E-state index in [2.05, 4.69) is 30.9 Å². The van der Waals surface area contributed by atoms with E-state index in [0.29, 0.717) is 12.5 Å². The molecule has 4 saturated heterocycles. The van der Waals surface area contributed by atoms with E-state index in [1.54, 1.807) is 0 Å². The highest BCUT2D eigenvalue weighted by molar-refractivity contribution is 5.90. The van der Waals surface area contributed by atoms with E-state index >= 15 is 0 Å². The molecule has 1 spiro atoms. The van der Waals surface area contributed by atoms with E-state index in [9.17, 15) is 4.79 Å². The molecule has 4 nitrogen and oxygen atoms in total. The molecule has 0 radical (unpaired) electrons. The first-order valence-electron chi connectivity index (χ1n) is 7.87. The second-order valence-electron chi connectivity index (χ2n) is 6.84. The Bertz CT molecular complexity index is 592. The van der Waals surface area contributed by atoms with Gasteiger partial charge >= 0.3 is 6.09 Å². The van der Waals surface area contributed by atoms with Crippen LogP contribution in [0.15, 0.2) is 18.2 Å². The Morgan fingerprint density at radius 2 is 1.90 bits per heavy atom. The quantitative estimate of drug-likeness (QED) is 0.796. The molecule has 0 aromatic heterocycles. The van der Waals surface area contributed by atoms with Crippen LogP contribution >= 0.6 is 0 Å². The van der Waals surface area contributed by atoms with Crippen molar-refractivity contribution < 1.29 is 9.53 Å². The van der Waals surface area contributed by atoms with E-state index in [4.69, 9.17) is 4.74 Å². The van der Waals surface area contributed by atoms with Crippen LogP contribution in [-0.4, -0.2) is 42.8 Å².